The van der Waals surface area contributed by atoms with Gasteiger partial charge < -0.3 is 5.84 Å². The molecule has 0 bridgehead atoms. The Hall–Kier alpha value is -4.20. The lowest BCUT2D eigenvalue weighted by Gasteiger charge is -2.31. The smallest absolute Gasteiger partial charge is 0.205 e. The minimum absolute atomic E-state index is 0.613. The van der Waals surface area contributed by atoms with Gasteiger partial charge in [0.1, 0.15) is 0 Å². The van der Waals surface area contributed by atoms with Crippen molar-refractivity contribution in [3.63, 3.8) is 0 Å². The van der Waals surface area contributed by atoms with Crippen molar-refractivity contribution in [3.8, 4) is 0 Å². The highest BCUT2D eigenvalue weighted by molar-refractivity contribution is 6.02. The first kappa shape index (κ1) is 17.2. The first-order valence-electron chi connectivity index (χ1n) is 8.65. The SMILES string of the molecule is NN=CN=NN1C(c2ccccc2)=NN(c2ccccc2)N1c1ccccc1. The molecule has 3 aromatic rings. The van der Waals surface area contributed by atoms with Gasteiger partial charge in [-0.25, -0.2) is 0 Å². The fourth-order valence-corrected chi connectivity index (χ4v) is 2.79. The zero-order valence-corrected chi connectivity index (χ0v) is 14.9. The Morgan fingerprint density at radius 2 is 1.32 bits per heavy atom. The first-order chi connectivity index (χ1) is 13.9. The van der Waals surface area contributed by atoms with Crippen LogP contribution < -0.4 is 16.1 Å². The summed E-state index contributed by atoms with van der Waals surface area (Å²) in [6.07, 6.45) is 1.18. The summed E-state index contributed by atoms with van der Waals surface area (Å²) in [6.45, 7) is 0. The summed E-state index contributed by atoms with van der Waals surface area (Å²) in [5.74, 6) is 5.78. The number of hydrogen-bond donors (Lipinski definition) is 1. The molecule has 1 heterocycles. The average Bonchev–Trinajstić information content (AvgIpc) is 3.15. The lowest BCUT2D eigenvalue weighted by Crippen LogP contribution is -2.45. The number of anilines is 2. The molecule has 0 aromatic heterocycles. The molecule has 0 saturated heterocycles. The maximum absolute atomic E-state index is 5.17. The van der Waals surface area contributed by atoms with Gasteiger partial charge in [0.15, 0.2) is 6.34 Å². The van der Waals surface area contributed by atoms with Crippen LogP contribution >= 0.6 is 0 Å². The van der Waals surface area contributed by atoms with Crippen LogP contribution in [-0.4, -0.2) is 17.3 Å². The van der Waals surface area contributed by atoms with E-state index in [1.807, 2.05) is 96.1 Å². The molecule has 8 nitrogen and oxygen atoms in total. The van der Waals surface area contributed by atoms with Crippen molar-refractivity contribution in [1.82, 2.24) is 5.12 Å². The molecule has 0 saturated carbocycles. The number of amidine groups is 1. The molecule has 2 N–H and O–H groups in total. The lowest BCUT2D eigenvalue weighted by molar-refractivity contribution is 0.403. The van der Waals surface area contributed by atoms with E-state index in [2.05, 4.69) is 15.4 Å². The van der Waals surface area contributed by atoms with Crippen molar-refractivity contribution < 1.29 is 0 Å². The molecule has 0 radical (unpaired) electrons. The predicted molar refractivity (Wildman–Crippen MR) is 110 cm³/mol. The van der Waals surface area contributed by atoms with Crippen LogP contribution in [0.1, 0.15) is 5.56 Å². The minimum Gasteiger partial charge on any atom is -0.322 e. The van der Waals surface area contributed by atoms with E-state index >= 15 is 0 Å². The molecular formula is C20H18N8. The normalized spacial score (nSPS) is 14.3. The fourth-order valence-electron chi connectivity index (χ4n) is 2.79. The molecule has 1 aliphatic rings. The number of hydrogen-bond acceptors (Lipinski definition) is 6. The fraction of sp³-hybridized carbons (Fsp3) is 0. The van der Waals surface area contributed by atoms with Gasteiger partial charge in [-0.3, -0.25) is 0 Å². The van der Waals surface area contributed by atoms with E-state index in [-0.39, 0.29) is 0 Å². The van der Waals surface area contributed by atoms with Crippen molar-refractivity contribution in [2.45, 2.75) is 0 Å². The van der Waals surface area contributed by atoms with Crippen LogP contribution in [0.15, 0.2) is 112 Å². The van der Waals surface area contributed by atoms with E-state index in [1.165, 1.54) is 6.34 Å². The minimum atomic E-state index is 0.613. The Morgan fingerprint density at radius 3 is 1.93 bits per heavy atom. The van der Waals surface area contributed by atoms with Gasteiger partial charge in [0.25, 0.3) is 0 Å². The first-order valence-corrected chi connectivity index (χ1v) is 8.65. The van der Waals surface area contributed by atoms with Gasteiger partial charge in [-0.15, -0.1) is 25.6 Å². The van der Waals surface area contributed by atoms with Gasteiger partial charge in [0.2, 0.25) is 5.84 Å². The molecule has 3 aromatic carbocycles. The van der Waals surface area contributed by atoms with Crippen LogP contribution in [-0.2, 0) is 0 Å². The van der Waals surface area contributed by atoms with E-state index in [0.29, 0.717) is 5.84 Å². The molecule has 8 heteroatoms. The Labute approximate surface area is 162 Å². The number of hydrazine groups is 2. The Balaban J connectivity index is 1.86. The van der Waals surface area contributed by atoms with Gasteiger partial charge in [0.05, 0.1) is 11.4 Å². The Kier molecular flexibility index (Phi) is 4.92. The molecule has 0 amide bonds. The van der Waals surface area contributed by atoms with Crippen molar-refractivity contribution in [3.05, 3.63) is 96.6 Å². The van der Waals surface area contributed by atoms with Crippen LogP contribution in [0.2, 0.25) is 0 Å². The summed E-state index contributed by atoms with van der Waals surface area (Å²) in [7, 11) is 0. The zero-order chi connectivity index (χ0) is 19.2. The van der Waals surface area contributed by atoms with Gasteiger partial charge in [0, 0.05) is 5.56 Å². The number of rotatable bonds is 5. The van der Waals surface area contributed by atoms with Crippen LogP contribution in [0.5, 0.6) is 0 Å². The maximum atomic E-state index is 5.17. The van der Waals surface area contributed by atoms with E-state index in [1.54, 1.807) is 10.2 Å². The Bertz CT molecular complexity index is 986. The van der Waals surface area contributed by atoms with Crippen molar-refractivity contribution in [2.75, 3.05) is 10.2 Å². The average molecular weight is 370 g/mol. The van der Waals surface area contributed by atoms with Gasteiger partial charge >= 0.3 is 0 Å². The summed E-state index contributed by atoms with van der Waals surface area (Å²) >= 11 is 0. The predicted octanol–water partition coefficient (Wildman–Crippen LogP) is 3.78. The molecule has 0 fully saturated rings. The topological polar surface area (TPSA) is 85.2 Å². The number of benzene rings is 3. The van der Waals surface area contributed by atoms with E-state index in [4.69, 9.17) is 10.9 Å². The zero-order valence-electron chi connectivity index (χ0n) is 14.9. The van der Waals surface area contributed by atoms with E-state index < -0.39 is 0 Å². The standard InChI is InChI=1S/C20H18N8/c21-22-16-23-25-27-20(17-10-4-1-5-11-17)24-26(18-12-6-2-7-13-18)28(27)19-14-8-3-9-15-19/h1-16H,21H2. The highest BCUT2D eigenvalue weighted by Gasteiger charge is 2.35. The third-order valence-electron chi connectivity index (χ3n) is 4.00. The number of para-hydroxylation sites is 2. The largest absolute Gasteiger partial charge is 0.322 e. The number of hydrazone groups is 2. The third-order valence-corrected chi connectivity index (χ3v) is 4.00. The maximum Gasteiger partial charge on any atom is 0.205 e. The number of nitrogens with zero attached hydrogens (tertiary/aromatic N) is 7. The molecule has 4 rings (SSSR count). The van der Waals surface area contributed by atoms with Crippen molar-refractivity contribution in [1.29, 1.82) is 0 Å². The third kappa shape index (κ3) is 3.38. The van der Waals surface area contributed by atoms with Crippen LogP contribution in [0.4, 0.5) is 11.4 Å². The van der Waals surface area contributed by atoms with Gasteiger partial charge in [-0.05, 0) is 29.5 Å². The van der Waals surface area contributed by atoms with Crippen LogP contribution in [0, 0.1) is 0 Å². The molecule has 28 heavy (non-hydrogen) atoms. The second kappa shape index (κ2) is 8.00. The van der Waals surface area contributed by atoms with Crippen LogP contribution in [0.3, 0.4) is 0 Å². The molecular weight excluding hydrogens is 352 g/mol. The summed E-state index contributed by atoms with van der Waals surface area (Å²) in [5.41, 5.74) is 2.64. The summed E-state index contributed by atoms with van der Waals surface area (Å²) in [5, 5.41) is 21.6. The summed E-state index contributed by atoms with van der Waals surface area (Å²) in [4.78, 5) is 0. The molecule has 138 valence electrons. The molecule has 0 aliphatic carbocycles. The highest BCUT2D eigenvalue weighted by Crippen LogP contribution is 2.31. The summed E-state index contributed by atoms with van der Waals surface area (Å²) < 4.78 is 0. The Morgan fingerprint density at radius 1 is 0.750 bits per heavy atom. The van der Waals surface area contributed by atoms with Crippen molar-refractivity contribution in [2.24, 2.45) is 26.4 Å². The molecule has 1 aliphatic heterocycles. The van der Waals surface area contributed by atoms with E-state index in [9.17, 15) is 0 Å². The van der Waals surface area contributed by atoms with Crippen LogP contribution in [0.25, 0.3) is 0 Å². The molecule has 0 spiro atoms. The van der Waals surface area contributed by atoms with Crippen molar-refractivity contribution >= 4 is 23.5 Å². The monoisotopic (exact) mass is 370 g/mol. The van der Waals surface area contributed by atoms with E-state index in [0.717, 1.165) is 16.9 Å². The highest BCUT2D eigenvalue weighted by atomic mass is 16.1. The van der Waals surface area contributed by atoms with Gasteiger partial charge in [-0.2, -0.15) is 5.10 Å². The summed E-state index contributed by atoms with van der Waals surface area (Å²) in [6, 6.07) is 29.4. The molecule has 0 atom stereocenters. The van der Waals surface area contributed by atoms with Gasteiger partial charge in [-0.1, -0.05) is 66.7 Å². The second-order valence-corrected chi connectivity index (χ2v) is 5.80. The molecule has 0 unspecified atom stereocenters. The lowest BCUT2D eigenvalue weighted by atomic mass is 10.2. The number of nitrogens with two attached hydrogens (primary N) is 1. The quantitative estimate of drug-likeness (QED) is 0.243. The second-order valence-electron chi connectivity index (χ2n) is 5.80.